The second kappa shape index (κ2) is 7.66. The Morgan fingerprint density at radius 2 is 1.79 bits per heavy atom. The predicted molar refractivity (Wildman–Crippen MR) is 108 cm³/mol. The van der Waals surface area contributed by atoms with E-state index < -0.39 is 5.60 Å². The van der Waals surface area contributed by atoms with Gasteiger partial charge in [-0.2, -0.15) is 0 Å². The molecule has 2 aromatic rings. The molecule has 2 bridgehead atoms. The number of imidazole rings is 1. The molecule has 0 spiro atoms. The van der Waals surface area contributed by atoms with Crippen LogP contribution in [0.4, 0.5) is 5.95 Å². The van der Waals surface area contributed by atoms with Crippen LogP contribution in [-0.2, 0) is 23.9 Å². The van der Waals surface area contributed by atoms with Crippen LogP contribution in [0.1, 0.15) is 30.7 Å². The third kappa shape index (κ3) is 3.43. The van der Waals surface area contributed by atoms with Gasteiger partial charge in [-0.25, -0.2) is 15.0 Å². The molecule has 8 heteroatoms. The Balaban J connectivity index is 1.29. The van der Waals surface area contributed by atoms with Gasteiger partial charge >= 0.3 is 0 Å². The van der Waals surface area contributed by atoms with Crippen molar-refractivity contribution in [2.24, 2.45) is 18.9 Å². The number of hydrogen-bond acceptors (Lipinski definition) is 7. The first kappa shape index (κ1) is 19.0. The van der Waals surface area contributed by atoms with Gasteiger partial charge in [-0.3, -0.25) is 4.90 Å². The molecule has 5 rings (SSSR count). The highest BCUT2D eigenvalue weighted by molar-refractivity contribution is 5.30. The first-order valence-electron chi connectivity index (χ1n) is 10.7. The number of nitrogens with zero attached hydrogens (tertiary/aromatic N) is 6. The fourth-order valence-electron chi connectivity index (χ4n) is 5.40. The Kier molecular flexibility index (Phi) is 5.01. The quantitative estimate of drug-likeness (QED) is 0.828. The minimum absolute atomic E-state index is 0.213. The third-order valence-electron chi connectivity index (χ3n) is 6.88. The van der Waals surface area contributed by atoms with Crippen molar-refractivity contribution in [1.29, 1.82) is 0 Å². The number of anilines is 1. The fraction of sp³-hybridized carbons (Fsp3) is 0.667. The minimum atomic E-state index is -0.816. The molecule has 29 heavy (non-hydrogen) atoms. The number of ether oxygens (including phenoxy) is 1. The molecular formula is C21H30N6O2. The van der Waals surface area contributed by atoms with E-state index in [-0.39, 0.29) is 11.8 Å². The van der Waals surface area contributed by atoms with Gasteiger partial charge in [-0.15, -0.1) is 0 Å². The van der Waals surface area contributed by atoms with Crippen molar-refractivity contribution in [2.75, 3.05) is 44.3 Å². The first-order chi connectivity index (χ1) is 14.1. The summed E-state index contributed by atoms with van der Waals surface area (Å²) in [5, 5.41) is 11.7. The van der Waals surface area contributed by atoms with Gasteiger partial charge in [0.15, 0.2) is 0 Å². The van der Waals surface area contributed by atoms with Crippen molar-refractivity contribution >= 4 is 5.95 Å². The van der Waals surface area contributed by atoms with E-state index in [1.165, 1.54) is 6.42 Å². The second-order valence-electron chi connectivity index (χ2n) is 8.70. The summed E-state index contributed by atoms with van der Waals surface area (Å²) in [6, 6.07) is 0. The molecule has 1 saturated carbocycles. The van der Waals surface area contributed by atoms with Gasteiger partial charge in [0.1, 0.15) is 11.4 Å². The van der Waals surface area contributed by atoms with Crippen molar-refractivity contribution in [2.45, 2.75) is 31.4 Å². The maximum absolute atomic E-state index is 11.7. The van der Waals surface area contributed by atoms with Crippen LogP contribution in [0.25, 0.3) is 0 Å². The summed E-state index contributed by atoms with van der Waals surface area (Å²) >= 11 is 0. The van der Waals surface area contributed by atoms with E-state index in [1.807, 2.05) is 30.2 Å². The van der Waals surface area contributed by atoms with Crippen LogP contribution in [0, 0.1) is 11.8 Å². The molecule has 156 valence electrons. The second-order valence-corrected chi connectivity index (χ2v) is 8.70. The van der Waals surface area contributed by atoms with Crippen LogP contribution < -0.4 is 4.90 Å². The molecule has 1 N–H and O–H groups in total. The van der Waals surface area contributed by atoms with Crippen molar-refractivity contribution in [3.8, 4) is 0 Å². The Labute approximate surface area is 171 Å². The summed E-state index contributed by atoms with van der Waals surface area (Å²) < 4.78 is 7.39. The lowest BCUT2D eigenvalue weighted by Crippen LogP contribution is -2.58. The van der Waals surface area contributed by atoms with Crippen molar-refractivity contribution in [1.82, 2.24) is 24.4 Å². The van der Waals surface area contributed by atoms with Gasteiger partial charge in [0.25, 0.3) is 0 Å². The van der Waals surface area contributed by atoms with Gasteiger partial charge < -0.3 is 19.3 Å². The van der Waals surface area contributed by atoms with Crippen molar-refractivity contribution in [3.05, 3.63) is 36.2 Å². The standard InChI is InChI=1S/C21H30N6O2/c1-25-6-5-22-19(25)21(28)17-3-2-4-18(21)15-26(14-17)13-16-11-23-20(24-12-16)27-7-9-29-10-8-27/h5-6,11-12,17-18,28H,2-4,7-10,13-15H2,1H3/t17-,18+,21?. The van der Waals surface area contributed by atoms with E-state index in [1.54, 1.807) is 6.20 Å². The lowest BCUT2D eigenvalue weighted by atomic mass is 9.65. The molecule has 2 aliphatic heterocycles. The van der Waals surface area contributed by atoms with Crippen LogP contribution in [0.3, 0.4) is 0 Å². The summed E-state index contributed by atoms with van der Waals surface area (Å²) in [6.45, 7) is 5.76. The van der Waals surface area contributed by atoms with E-state index in [0.717, 1.165) is 76.1 Å². The van der Waals surface area contributed by atoms with Crippen LogP contribution in [0.15, 0.2) is 24.8 Å². The number of rotatable bonds is 4. The zero-order valence-electron chi connectivity index (χ0n) is 17.1. The molecule has 2 aromatic heterocycles. The van der Waals surface area contributed by atoms with Gasteiger partial charge in [0, 0.05) is 82.0 Å². The predicted octanol–water partition coefficient (Wildman–Crippen LogP) is 1.17. The first-order valence-corrected chi connectivity index (χ1v) is 10.7. The monoisotopic (exact) mass is 398 g/mol. The number of fused-ring (bicyclic) bond motifs is 2. The molecule has 3 fully saturated rings. The average molecular weight is 399 g/mol. The zero-order chi connectivity index (χ0) is 19.8. The lowest BCUT2D eigenvalue weighted by molar-refractivity contribution is -0.155. The van der Waals surface area contributed by atoms with Crippen LogP contribution in [-0.4, -0.2) is 68.9 Å². The highest BCUT2D eigenvalue weighted by Crippen LogP contribution is 2.48. The Hall–Kier alpha value is -2.03. The average Bonchev–Trinajstić information content (AvgIpc) is 3.17. The summed E-state index contributed by atoms with van der Waals surface area (Å²) in [5.41, 5.74) is 0.312. The number of aliphatic hydroxyl groups is 1. The van der Waals surface area contributed by atoms with Gasteiger partial charge in [-0.05, 0) is 12.8 Å². The van der Waals surface area contributed by atoms with Gasteiger partial charge in [0.05, 0.1) is 13.2 Å². The van der Waals surface area contributed by atoms with Crippen LogP contribution in [0.2, 0.25) is 0 Å². The number of aromatic nitrogens is 4. The Morgan fingerprint density at radius 3 is 2.41 bits per heavy atom. The Bertz CT molecular complexity index is 818. The molecule has 2 saturated heterocycles. The SMILES string of the molecule is Cn1ccnc1C1(O)[C@@H]2CCC[C@H]1CN(Cc1cnc(N3CCOCC3)nc1)C2. The zero-order valence-corrected chi connectivity index (χ0v) is 17.1. The normalized spacial score (nSPS) is 30.5. The molecule has 0 radical (unpaired) electrons. The molecule has 1 aliphatic carbocycles. The summed E-state index contributed by atoms with van der Waals surface area (Å²) in [4.78, 5) is 18.3. The summed E-state index contributed by atoms with van der Waals surface area (Å²) in [6.07, 6.45) is 10.9. The summed E-state index contributed by atoms with van der Waals surface area (Å²) in [5.74, 6) is 2.04. The Morgan fingerprint density at radius 1 is 1.10 bits per heavy atom. The topological polar surface area (TPSA) is 79.5 Å². The number of hydrogen-bond donors (Lipinski definition) is 1. The van der Waals surface area contributed by atoms with Crippen molar-refractivity contribution < 1.29 is 9.84 Å². The molecule has 1 unspecified atom stereocenters. The highest BCUT2D eigenvalue weighted by Gasteiger charge is 2.53. The molecule has 3 aliphatic rings. The maximum atomic E-state index is 11.7. The lowest BCUT2D eigenvalue weighted by Gasteiger charge is -2.52. The number of piperidine rings is 1. The molecule has 4 heterocycles. The van der Waals surface area contributed by atoms with E-state index >= 15 is 0 Å². The molecule has 0 aromatic carbocycles. The maximum Gasteiger partial charge on any atom is 0.225 e. The number of morpholine rings is 1. The molecular weight excluding hydrogens is 368 g/mol. The summed E-state index contributed by atoms with van der Waals surface area (Å²) in [7, 11) is 1.98. The van der Waals surface area contributed by atoms with E-state index in [9.17, 15) is 5.11 Å². The van der Waals surface area contributed by atoms with Gasteiger partial charge in [-0.1, -0.05) is 6.42 Å². The smallest absolute Gasteiger partial charge is 0.225 e. The molecule has 0 amide bonds. The molecule has 3 atom stereocenters. The van der Waals surface area contributed by atoms with E-state index in [4.69, 9.17) is 4.74 Å². The number of likely N-dealkylation sites (tertiary alicyclic amines) is 1. The minimum Gasteiger partial charge on any atom is -0.381 e. The molecule has 8 nitrogen and oxygen atoms in total. The highest BCUT2D eigenvalue weighted by atomic mass is 16.5. The third-order valence-corrected chi connectivity index (χ3v) is 6.88. The van der Waals surface area contributed by atoms with Crippen LogP contribution in [0.5, 0.6) is 0 Å². The number of aryl methyl sites for hydroxylation is 1. The van der Waals surface area contributed by atoms with Gasteiger partial charge in [0.2, 0.25) is 5.95 Å². The van der Waals surface area contributed by atoms with Crippen molar-refractivity contribution in [3.63, 3.8) is 0 Å². The fourth-order valence-corrected chi connectivity index (χ4v) is 5.40. The van der Waals surface area contributed by atoms with E-state index in [2.05, 4.69) is 24.8 Å². The van der Waals surface area contributed by atoms with Crippen LogP contribution >= 0.6 is 0 Å². The largest absolute Gasteiger partial charge is 0.381 e. The van der Waals surface area contributed by atoms with E-state index in [0.29, 0.717) is 0 Å².